The number of hydrogen-bond donors (Lipinski definition) is 1. The summed E-state index contributed by atoms with van der Waals surface area (Å²) in [6, 6.07) is 8.41. The molecule has 17 heavy (non-hydrogen) atoms. The van der Waals surface area contributed by atoms with Crippen LogP contribution in [0.15, 0.2) is 30.5 Å². The SMILES string of the molecule is N#Cc1c(C(=O)O)cnn1-c1ccc(Cl)cc1. The van der Waals surface area contributed by atoms with Crippen molar-refractivity contribution in [2.75, 3.05) is 0 Å². The van der Waals surface area contributed by atoms with E-state index >= 15 is 0 Å². The maximum atomic E-state index is 10.9. The first kappa shape index (κ1) is 11.2. The van der Waals surface area contributed by atoms with Gasteiger partial charge in [-0.3, -0.25) is 0 Å². The Bertz CT molecular complexity index is 611. The Morgan fingerprint density at radius 1 is 1.41 bits per heavy atom. The molecule has 2 aromatic rings. The largest absolute Gasteiger partial charge is 0.478 e. The van der Waals surface area contributed by atoms with Crippen LogP contribution in [-0.4, -0.2) is 20.9 Å². The Morgan fingerprint density at radius 2 is 2.06 bits per heavy atom. The molecule has 5 nitrogen and oxygen atoms in total. The fourth-order valence-corrected chi connectivity index (χ4v) is 1.52. The molecule has 1 heterocycles. The van der Waals surface area contributed by atoms with E-state index in [2.05, 4.69) is 5.10 Å². The summed E-state index contributed by atoms with van der Waals surface area (Å²) in [6.45, 7) is 0. The van der Waals surface area contributed by atoms with Crippen LogP contribution in [0.1, 0.15) is 16.1 Å². The molecule has 1 N–H and O–H groups in total. The normalized spacial score (nSPS) is 9.88. The van der Waals surface area contributed by atoms with Crippen LogP contribution in [0.25, 0.3) is 5.69 Å². The highest BCUT2D eigenvalue weighted by Gasteiger charge is 2.17. The average molecular weight is 248 g/mol. The Balaban J connectivity index is 2.57. The van der Waals surface area contributed by atoms with Gasteiger partial charge < -0.3 is 5.11 Å². The summed E-state index contributed by atoms with van der Waals surface area (Å²) in [5.41, 5.74) is 0.445. The molecule has 0 atom stereocenters. The lowest BCUT2D eigenvalue weighted by Crippen LogP contribution is -2.03. The zero-order valence-corrected chi connectivity index (χ0v) is 9.22. The van der Waals surface area contributed by atoms with Crippen LogP contribution in [0.5, 0.6) is 0 Å². The minimum atomic E-state index is -1.18. The highest BCUT2D eigenvalue weighted by Crippen LogP contribution is 2.16. The molecule has 0 aliphatic carbocycles. The van der Waals surface area contributed by atoms with E-state index in [9.17, 15) is 4.79 Å². The summed E-state index contributed by atoms with van der Waals surface area (Å²) in [5, 5.41) is 22.3. The van der Waals surface area contributed by atoms with Crippen molar-refractivity contribution in [3.05, 3.63) is 46.7 Å². The van der Waals surface area contributed by atoms with Crippen molar-refractivity contribution in [2.24, 2.45) is 0 Å². The van der Waals surface area contributed by atoms with Gasteiger partial charge in [-0.05, 0) is 24.3 Å². The zero-order valence-electron chi connectivity index (χ0n) is 8.46. The fourth-order valence-electron chi connectivity index (χ4n) is 1.39. The lowest BCUT2D eigenvalue weighted by Gasteiger charge is -2.02. The number of carbonyl (C=O) groups is 1. The van der Waals surface area contributed by atoms with Crippen LogP contribution < -0.4 is 0 Å². The van der Waals surface area contributed by atoms with Crippen molar-refractivity contribution >= 4 is 17.6 Å². The van der Waals surface area contributed by atoms with E-state index in [-0.39, 0.29) is 11.3 Å². The van der Waals surface area contributed by atoms with Crippen molar-refractivity contribution in [1.29, 1.82) is 5.26 Å². The third kappa shape index (κ3) is 1.98. The number of carboxylic acid groups (broad SMARTS) is 1. The first-order valence-corrected chi connectivity index (χ1v) is 4.98. The molecule has 0 amide bonds. The highest BCUT2D eigenvalue weighted by atomic mass is 35.5. The summed E-state index contributed by atoms with van der Waals surface area (Å²) in [7, 11) is 0. The van der Waals surface area contributed by atoms with Crippen LogP contribution in [0, 0.1) is 11.3 Å². The van der Waals surface area contributed by atoms with Gasteiger partial charge in [-0.15, -0.1) is 0 Å². The molecule has 84 valence electrons. The molecule has 0 unspecified atom stereocenters. The van der Waals surface area contributed by atoms with Crippen LogP contribution in [0.4, 0.5) is 0 Å². The van der Waals surface area contributed by atoms with E-state index in [0.29, 0.717) is 10.7 Å². The topological polar surface area (TPSA) is 78.9 Å². The molecule has 0 bridgehead atoms. The van der Waals surface area contributed by atoms with Crippen LogP contribution in [0.3, 0.4) is 0 Å². The van der Waals surface area contributed by atoms with E-state index in [1.165, 1.54) is 4.68 Å². The van der Waals surface area contributed by atoms with Gasteiger partial charge in [0.1, 0.15) is 11.6 Å². The molecular formula is C11H6ClN3O2. The van der Waals surface area contributed by atoms with Gasteiger partial charge in [-0.1, -0.05) is 11.6 Å². The second-order valence-corrected chi connectivity index (χ2v) is 3.65. The smallest absolute Gasteiger partial charge is 0.340 e. The Morgan fingerprint density at radius 3 is 2.59 bits per heavy atom. The highest BCUT2D eigenvalue weighted by molar-refractivity contribution is 6.30. The van der Waals surface area contributed by atoms with Crippen LogP contribution in [0.2, 0.25) is 5.02 Å². The van der Waals surface area contributed by atoms with E-state index in [1.807, 2.05) is 6.07 Å². The number of hydrogen-bond acceptors (Lipinski definition) is 3. The monoisotopic (exact) mass is 247 g/mol. The molecule has 0 saturated heterocycles. The molecular weight excluding hydrogens is 242 g/mol. The standard InChI is InChI=1S/C11H6ClN3O2/c12-7-1-3-8(4-2-7)15-10(5-13)9(6-14-15)11(16)17/h1-4,6H,(H,16,17). The molecule has 1 aromatic heterocycles. The number of benzene rings is 1. The van der Waals surface area contributed by atoms with Crippen molar-refractivity contribution in [3.8, 4) is 11.8 Å². The third-order valence-corrected chi connectivity index (χ3v) is 2.43. The van der Waals surface area contributed by atoms with Gasteiger partial charge in [0.05, 0.1) is 11.9 Å². The molecule has 6 heteroatoms. The predicted molar refractivity (Wildman–Crippen MR) is 60.2 cm³/mol. The van der Waals surface area contributed by atoms with Crippen molar-refractivity contribution in [1.82, 2.24) is 9.78 Å². The number of aromatic carboxylic acids is 1. The first-order valence-electron chi connectivity index (χ1n) is 4.61. The lowest BCUT2D eigenvalue weighted by atomic mass is 10.2. The van der Waals surface area contributed by atoms with Gasteiger partial charge in [-0.2, -0.15) is 10.4 Å². The van der Waals surface area contributed by atoms with Crippen molar-refractivity contribution in [3.63, 3.8) is 0 Å². The van der Waals surface area contributed by atoms with E-state index in [1.54, 1.807) is 24.3 Å². The number of nitriles is 1. The minimum absolute atomic E-state index is 0.0141. The molecule has 0 fully saturated rings. The van der Waals surface area contributed by atoms with Gasteiger partial charge in [-0.25, -0.2) is 9.48 Å². The van der Waals surface area contributed by atoms with Gasteiger partial charge in [0.2, 0.25) is 0 Å². The van der Waals surface area contributed by atoms with Crippen LogP contribution >= 0.6 is 11.6 Å². The average Bonchev–Trinajstić information content (AvgIpc) is 2.73. The number of carboxylic acids is 1. The molecule has 2 rings (SSSR count). The maximum absolute atomic E-state index is 10.9. The molecule has 1 aromatic carbocycles. The molecule has 0 aliphatic rings. The lowest BCUT2D eigenvalue weighted by molar-refractivity contribution is 0.0696. The summed E-state index contributed by atoms with van der Waals surface area (Å²) in [4.78, 5) is 10.9. The summed E-state index contributed by atoms with van der Waals surface area (Å²) in [6.07, 6.45) is 1.15. The number of rotatable bonds is 2. The van der Waals surface area contributed by atoms with E-state index < -0.39 is 5.97 Å². The summed E-state index contributed by atoms with van der Waals surface area (Å²) >= 11 is 5.74. The fraction of sp³-hybridized carbons (Fsp3) is 0. The number of halogens is 1. The van der Waals surface area contributed by atoms with Gasteiger partial charge in [0, 0.05) is 5.02 Å². The summed E-state index contributed by atoms with van der Waals surface area (Å²) in [5.74, 6) is -1.18. The minimum Gasteiger partial charge on any atom is -0.478 e. The van der Waals surface area contributed by atoms with Crippen molar-refractivity contribution in [2.45, 2.75) is 0 Å². The number of nitrogens with zero attached hydrogens (tertiary/aromatic N) is 3. The van der Waals surface area contributed by atoms with Crippen molar-refractivity contribution < 1.29 is 9.90 Å². The maximum Gasteiger partial charge on any atom is 0.340 e. The molecule has 0 saturated carbocycles. The third-order valence-electron chi connectivity index (χ3n) is 2.18. The van der Waals surface area contributed by atoms with Gasteiger partial charge >= 0.3 is 5.97 Å². The Labute approximate surface area is 101 Å². The quantitative estimate of drug-likeness (QED) is 0.881. The van der Waals surface area contributed by atoms with Crippen LogP contribution in [-0.2, 0) is 0 Å². The van der Waals surface area contributed by atoms with E-state index in [4.69, 9.17) is 22.0 Å². The van der Waals surface area contributed by atoms with E-state index in [0.717, 1.165) is 6.20 Å². The molecule has 0 radical (unpaired) electrons. The second kappa shape index (κ2) is 4.28. The first-order chi connectivity index (χ1) is 8.13. The van der Waals surface area contributed by atoms with Gasteiger partial charge in [0.25, 0.3) is 0 Å². The zero-order chi connectivity index (χ0) is 12.4. The summed E-state index contributed by atoms with van der Waals surface area (Å²) < 4.78 is 1.26. The molecule has 0 aliphatic heterocycles. The Hall–Kier alpha value is -2.32. The molecule has 0 spiro atoms. The van der Waals surface area contributed by atoms with Gasteiger partial charge in [0.15, 0.2) is 5.69 Å². The Kier molecular flexibility index (Phi) is 2.81. The predicted octanol–water partition coefficient (Wildman–Crippen LogP) is 2.10. The number of aromatic nitrogens is 2. The second-order valence-electron chi connectivity index (χ2n) is 3.21.